The fourth-order valence-electron chi connectivity index (χ4n) is 0.316. The Kier molecular flexibility index (Phi) is 3.69. The van der Waals surface area contributed by atoms with E-state index in [1.54, 1.807) is 0 Å². The maximum absolute atomic E-state index is 10.6. The van der Waals surface area contributed by atoms with E-state index >= 15 is 0 Å². The van der Waals surface area contributed by atoms with Crippen LogP contribution < -0.4 is 0 Å². The molecule has 0 aliphatic carbocycles. The Balaban J connectivity index is 3.85. The minimum atomic E-state index is -1.62. The Hall–Kier alpha value is -1.65. The molecule has 0 bridgehead atoms. The number of rotatable bonds is 4. The van der Waals surface area contributed by atoms with Crippen molar-refractivity contribution in [3.8, 4) is 0 Å². The Bertz CT molecular complexity index is 214. The summed E-state index contributed by atoms with van der Waals surface area (Å²) in [5.41, 5.74) is 0.119. The van der Waals surface area contributed by atoms with E-state index in [0.717, 1.165) is 0 Å². The summed E-state index contributed by atoms with van der Waals surface area (Å²) < 4.78 is 4.26. The standard InChI is InChI=1S/C7H8O5/c1-4(2)7(11)12-3-5(8)6(9)10/h1,3H2,2H3,(H,9,10). The van der Waals surface area contributed by atoms with E-state index in [4.69, 9.17) is 5.11 Å². The molecular weight excluding hydrogens is 164 g/mol. The monoisotopic (exact) mass is 172 g/mol. The molecule has 0 radical (unpaired) electrons. The van der Waals surface area contributed by atoms with Crippen LogP contribution in [0.1, 0.15) is 6.92 Å². The van der Waals surface area contributed by atoms with Crippen molar-refractivity contribution in [1.82, 2.24) is 0 Å². The van der Waals surface area contributed by atoms with Gasteiger partial charge >= 0.3 is 11.9 Å². The molecule has 5 nitrogen and oxygen atoms in total. The van der Waals surface area contributed by atoms with Crippen molar-refractivity contribution in [1.29, 1.82) is 0 Å². The molecule has 0 aliphatic heterocycles. The summed E-state index contributed by atoms with van der Waals surface area (Å²) in [6.07, 6.45) is 0. The second-order valence-electron chi connectivity index (χ2n) is 2.08. The van der Waals surface area contributed by atoms with Crippen molar-refractivity contribution in [2.24, 2.45) is 0 Å². The van der Waals surface area contributed by atoms with Crippen molar-refractivity contribution in [3.05, 3.63) is 12.2 Å². The molecule has 0 atom stereocenters. The number of carbonyl (C=O) groups excluding carboxylic acids is 2. The molecule has 0 saturated heterocycles. The highest BCUT2D eigenvalue weighted by Gasteiger charge is 2.14. The minimum Gasteiger partial charge on any atom is -0.475 e. The van der Waals surface area contributed by atoms with Crippen LogP contribution in [-0.4, -0.2) is 29.4 Å². The lowest BCUT2D eigenvalue weighted by atomic mass is 10.3. The third-order valence-corrected chi connectivity index (χ3v) is 0.921. The van der Waals surface area contributed by atoms with Gasteiger partial charge in [-0.25, -0.2) is 9.59 Å². The number of aliphatic carboxylic acids is 1. The summed E-state index contributed by atoms with van der Waals surface area (Å²) in [5.74, 6) is -3.56. The average Bonchev–Trinajstić information content (AvgIpc) is 1.98. The van der Waals surface area contributed by atoms with Gasteiger partial charge in [-0.1, -0.05) is 6.58 Å². The molecule has 1 N–H and O–H groups in total. The van der Waals surface area contributed by atoms with Gasteiger partial charge < -0.3 is 9.84 Å². The van der Waals surface area contributed by atoms with Gasteiger partial charge in [-0.2, -0.15) is 0 Å². The minimum absolute atomic E-state index is 0.119. The summed E-state index contributed by atoms with van der Waals surface area (Å²) in [6, 6.07) is 0. The molecule has 0 rings (SSSR count). The highest BCUT2D eigenvalue weighted by molar-refractivity contribution is 6.33. The zero-order chi connectivity index (χ0) is 9.72. The largest absolute Gasteiger partial charge is 0.475 e. The van der Waals surface area contributed by atoms with Crippen molar-refractivity contribution in [2.75, 3.05) is 6.61 Å². The Morgan fingerprint density at radius 2 is 1.92 bits per heavy atom. The topological polar surface area (TPSA) is 80.7 Å². The lowest BCUT2D eigenvalue weighted by molar-refractivity contribution is -0.154. The number of carboxylic acids is 1. The number of carboxylic acid groups (broad SMARTS) is 1. The number of carbonyl (C=O) groups is 3. The van der Waals surface area contributed by atoms with Gasteiger partial charge in [0.05, 0.1) is 0 Å². The van der Waals surface area contributed by atoms with Crippen LogP contribution in [0.4, 0.5) is 0 Å². The zero-order valence-corrected chi connectivity index (χ0v) is 6.49. The molecule has 5 heteroatoms. The molecule has 12 heavy (non-hydrogen) atoms. The van der Waals surface area contributed by atoms with Gasteiger partial charge in [-0.3, -0.25) is 4.79 Å². The molecule has 0 spiro atoms. The Morgan fingerprint density at radius 3 is 2.25 bits per heavy atom. The predicted molar refractivity (Wildman–Crippen MR) is 38.4 cm³/mol. The van der Waals surface area contributed by atoms with Crippen LogP contribution in [0.3, 0.4) is 0 Å². The molecule has 0 aromatic rings. The molecule has 0 saturated carbocycles. The highest BCUT2D eigenvalue weighted by Crippen LogP contribution is 1.91. The lowest BCUT2D eigenvalue weighted by Crippen LogP contribution is -2.21. The van der Waals surface area contributed by atoms with Crippen molar-refractivity contribution >= 4 is 17.7 Å². The summed E-state index contributed by atoms with van der Waals surface area (Å²) in [6.45, 7) is 3.89. The lowest BCUT2D eigenvalue weighted by Gasteiger charge is -1.99. The van der Waals surface area contributed by atoms with Gasteiger partial charge in [0.15, 0.2) is 6.61 Å². The van der Waals surface area contributed by atoms with Crippen LogP contribution in [0.15, 0.2) is 12.2 Å². The van der Waals surface area contributed by atoms with E-state index in [-0.39, 0.29) is 5.57 Å². The molecule has 0 amide bonds. The first-order valence-corrected chi connectivity index (χ1v) is 3.04. The van der Waals surface area contributed by atoms with Gasteiger partial charge in [0.1, 0.15) is 0 Å². The van der Waals surface area contributed by atoms with E-state index in [1.165, 1.54) is 6.92 Å². The fraction of sp³-hybridized carbons (Fsp3) is 0.286. The molecule has 0 aromatic heterocycles. The Morgan fingerprint density at radius 1 is 1.42 bits per heavy atom. The molecular formula is C7H8O5. The SMILES string of the molecule is C=C(C)C(=O)OCC(=O)C(=O)O. The summed E-state index contributed by atoms with van der Waals surface area (Å²) in [4.78, 5) is 30.9. The summed E-state index contributed by atoms with van der Waals surface area (Å²) in [7, 11) is 0. The van der Waals surface area contributed by atoms with E-state index < -0.39 is 24.3 Å². The second kappa shape index (κ2) is 4.27. The fourth-order valence-corrected chi connectivity index (χ4v) is 0.316. The van der Waals surface area contributed by atoms with Crippen LogP contribution in [0.25, 0.3) is 0 Å². The van der Waals surface area contributed by atoms with Crippen LogP contribution in [-0.2, 0) is 19.1 Å². The molecule has 0 heterocycles. The predicted octanol–water partition coefficient (Wildman–Crippen LogP) is -0.241. The smallest absolute Gasteiger partial charge is 0.375 e. The van der Waals surface area contributed by atoms with Crippen LogP contribution in [0.5, 0.6) is 0 Å². The maximum atomic E-state index is 10.6. The number of esters is 1. The van der Waals surface area contributed by atoms with Crippen LogP contribution in [0.2, 0.25) is 0 Å². The number of ether oxygens (including phenoxy) is 1. The first-order valence-electron chi connectivity index (χ1n) is 3.04. The van der Waals surface area contributed by atoms with Crippen LogP contribution >= 0.6 is 0 Å². The molecule has 0 unspecified atom stereocenters. The van der Waals surface area contributed by atoms with E-state index in [0.29, 0.717) is 0 Å². The van der Waals surface area contributed by atoms with E-state index in [1.807, 2.05) is 0 Å². The molecule has 0 fully saturated rings. The highest BCUT2D eigenvalue weighted by atomic mass is 16.5. The normalized spacial score (nSPS) is 8.75. The van der Waals surface area contributed by atoms with Crippen LogP contribution in [0, 0.1) is 0 Å². The summed E-state index contributed by atoms with van der Waals surface area (Å²) in [5, 5.41) is 8.07. The zero-order valence-electron chi connectivity index (χ0n) is 6.49. The van der Waals surface area contributed by atoms with E-state index in [2.05, 4.69) is 11.3 Å². The molecule has 0 aromatic carbocycles. The van der Waals surface area contributed by atoms with E-state index in [9.17, 15) is 14.4 Å². The van der Waals surface area contributed by atoms with Crippen molar-refractivity contribution < 1.29 is 24.2 Å². The van der Waals surface area contributed by atoms with Gasteiger partial charge in [-0.15, -0.1) is 0 Å². The number of hydrogen-bond acceptors (Lipinski definition) is 4. The van der Waals surface area contributed by atoms with Gasteiger partial charge in [-0.05, 0) is 6.92 Å². The first kappa shape index (κ1) is 10.3. The Labute approximate surface area is 68.6 Å². The van der Waals surface area contributed by atoms with Gasteiger partial charge in [0.2, 0.25) is 0 Å². The number of ketones is 1. The molecule has 66 valence electrons. The quantitative estimate of drug-likeness (QED) is 0.359. The van der Waals surface area contributed by atoms with Gasteiger partial charge in [0.25, 0.3) is 5.78 Å². The number of Topliss-reactive ketones (excluding diaryl/α,β-unsaturated/α-hetero) is 1. The van der Waals surface area contributed by atoms with Gasteiger partial charge in [0, 0.05) is 5.57 Å². The van der Waals surface area contributed by atoms with Crippen molar-refractivity contribution in [2.45, 2.75) is 6.92 Å². The summed E-state index contributed by atoms with van der Waals surface area (Å²) >= 11 is 0. The first-order chi connectivity index (χ1) is 5.45. The second-order valence-corrected chi connectivity index (χ2v) is 2.08. The molecule has 0 aliphatic rings. The third-order valence-electron chi connectivity index (χ3n) is 0.921. The maximum Gasteiger partial charge on any atom is 0.375 e. The average molecular weight is 172 g/mol. The van der Waals surface area contributed by atoms with Crippen molar-refractivity contribution in [3.63, 3.8) is 0 Å². The third kappa shape index (κ3) is 3.50. The number of hydrogen-bond donors (Lipinski definition) is 1.